The van der Waals surface area contributed by atoms with Gasteiger partial charge in [-0.3, -0.25) is 9.59 Å². The number of carbonyl (C=O) groups is 2. The molecule has 0 saturated heterocycles. The van der Waals surface area contributed by atoms with E-state index in [-0.39, 0.29) is 18.4 Å². The van der Waals surface area contributed by atoms with Crippen molar-refractivity contribution < 1.29 is 9.59 Å². The number of rotatable bonds is 8. The summed E-state index contributed by atoms with van der Waals surface area (Å²) in [4.78, 5) is 27.0. The van der Waals surface area contributed by atoms with Crippen molar-refractivity contribution in [1.82, 2.24) is 4.90 Å². The second-order valence-corrected chi connectivity index (χ2v) is 6.89. The molecule has 5 heteroatoms. The molecule has 132 valence electrons. The Morgan fingerprint density at radius 3 is 2.44 bits per heavy atom. The van der Waals surface area contributed by atoms with E-state index in [2.05, 4.69) is 5.32 Å². The fourth-order valence-electron chi connectivity index (χ4n) is 2.41. The van der Waals surface area contributed by atoms with Gasteiger partial charge < -0.3 is 10.2 Å². The summed E-state index contributed by atoms with van der Waals surface area (Å²) in [6, 6.07) is 17.7. The zero-order chi connectivity index (χ0) is 18.1. The van der Waals surface area contributed by atoms with Gasteiger partial charge in [-0.05, 0) is 30.2 Å². The maximum atomic E-state index is 12.2. The second kappa shape index (κ2) is 9.89. The first-order chi connectivity index (χ1) is 12.1. The van der Waals surface area contributed by atoms with Gasteiger partial charge in [-0.15, -0.1) is 11.8 Å². The molecular formula is C20H24N2O2S. The van der Waals surface area contributed by atoms with Crippen LogP contribution < -0.4 is 5.32 Å². The predicted octanol–water partition coefficient (Wildman–Crippen LogP) is 3.83. The van der Waals surface area contributed by atoms with E-state index in [1.807, 2.05) is 61.5 Å². The van der Waals surface area contributed by atoms with Gasteiger partial charge in [-0.25, -0.2) is 0 Å². The van der Waals surface area contributed by atoms with Crippen LogP contribution in [0.2, 0.25) is 0 Å². The quantitative estimate of drug-likeness (QED) is 0.731. The molecule has 0 heterocycles. The van der Waals surface area contributed by atoms with Crippen molar-refractivity contribution in [2.75, 3.05) is 24.7 Å². The molecule has 2 aromatic carbocycles. The van der Waals surface area contributed by atoms with Crippen molar-refractivity contribution >= 4 is 29.3 Å². The normalized spacial score (nSPS) is 10.3. The molecular weight excluding hydrogens is 332 g/mol. The summed E-state index contributed by atoms with van der Waals surface area (Å²) in [5.74, 6) is 0.503. The van der Waals surface area contributed by atoms with Crippen LogP contribution in [0.15, 0.2) is 59.5 Å². The Balaban J connectivity index is 1.77. The summed E-state index contributed by atoms with van der Waals surface area (Å²) in [5, 5.41) is 2.89. The van der Waals surface area contributed by atoms with Crippen molar-refractivity contribution in [3.8, 4) is 0 Å². The van der Waals surface area contributed by atoms with Gasteiger partial charge in [0.05, 0.1) is 6.54 Å². The first kappa shape index (κ1) is 19.1. The van der Waals surface area contributed by atoms with Crippen molar-refractivity contribution in [2.24, 2.45) is 0 Å². The SMILES string of the molecule is CCc1ccccc1NC(=O)CN(C)C(=O)CCSc1ccccc1. The first-order valence-electron chi connectivity index (χ1n) is 8.39. The van der Waals surface area contributed by atoms with Gasteiger partial charge >= 0.3 is 0 Å². The van der Waals surface area contributed by atoms with E-state index >= 15 is 0 Å². The molecule has 0 aromatic heterocycles. The third-order valence-corrected chi connectivity index (χ3v) is 4.82. The molecule has 0 radical (unpaired) electrons. The zero-order valence-corrected chi connectivity index (χ0v) is 15.5. The van der Waals surface area contributed by atoms with Gasteiger partial charge in [0.25, 0.3) is 0 Å². The summed E-state index contributed by atoms with van der Waals surface area (Å²) in [5.41, 5.74) is 1.90. The van der Waals surface area contributed by atoms with Crippen LogP contribution in [0, 0.1) is 0 Å². The molecule has 0 atom stereocenters. The van der Waals surface area contributed by atoms with Gasteiger partial charge in [-0.2, -0.15) is 0 Å². The van der Waals surface area contributed by atoms with Gasteiger partial charge in [0, 0.05) is 29.8 Å². The number of hydrogen-bond donors (Lipinski definition) is 1. The Hall–Kier alpha value is -2.27. The third kappa shape index (κ3) is 6.27. The average Bonchev–Trinajstić information content (AvgIpc) is 2.62. The standard InChI is InChI=1S/C20H24N2O2S/c1-3-16-9-7-8-12-18(16)21-19(23)15-22(2)20(24)13-14-25-17-10-5-4-6-11-17/h4-12H,3,13-15H2,1-2H3,(H,21,23). The lowest BCUT2D eigenvalue weighted by atomic mass is 10.1. The molecule has 0 bridgehead atoms. The molecule has 0 fully saturated rings. The number of carbonyl (C=O) groups excluding carboxylic acids is 2. The zero-order valence-electron chi connectivity index (χ0n) is 14.7. The van der Waals surface area contributed by atoms with Gasteiger partial charge in [0.15, 0.2) is 0 Å². The molecule has 2 amide bonds. The minimum atomic E-state index is -0.174. The van der Waals surface area contributed by atoms with Crippen molar-refractivity contribution in [3.63, 3.8) is 0 Å². The van der Waals surface area contributed by atoms with Crippen LogP contribution in [-0.2, 0) is 16.0 Å². The number of nitrogens with one attached hydrogen (secondary N) is 1. The number of aryl methyl sites for hydroxylation is 1. The van der Waals surface area contributed by atoms with Crippen molar-refractivity contribution in [1.29, 1.82) is 0 Å². The Bertz CT molecular complexity index is 704. The molecule has 0 aliphatic rings. The van der Waals surface area contributed by atoms with E-state index in [4.69, 9.17) is 0 Å². The second-order valence-electron chi connectivity index (χ2n) is 5.72. The number of nitrogens with zero attached hydrogens (tertiary/aromatic N) is 1. The third-order valence-electron chi connectivity index (χ3n) is 3.81. The van der Waals surface area contributed by atoms with Crippen molar-refractivity contribution in [3.05, 3.63) is 60.2 Å². The van der Waals surface area contributed by atoms with E-state index in [1.165, 1.54) is 4.90 Å². The van der Waals surface area contributed by atoms with Crippen LogP contribution in [0.1, 0.15) is 18.9 Å². The summed E-state index contributed by atoms with van der Waals surface area (Å²) >= 11 is 1.64. The highest BCUT2D eigenvalue weighted by atomic mass is 32.2. The van der Waals surface area contributed by atoms with Crippen LogP contribution in [0.25, 0.3) is 0 Å². The van der Waals surface area contributed by atoms with E-state index in [9.17, 15) is 9.59 Å². The Kier molecular flexibility index (Phi) is 7.54. The average molecular weight is 356 g/mol. The lowest BCUT2D eigenvalue weighted by Crippen LogP contribution is -2.35. The summed E-state index contributed by atoms with van der Waals surface area (Å²) in [6.07, 6.45) is 1.26. The fraction of sp³-hybridized carbons (Fsp3) is 0.300. The predicted molar refractivity (Wildman–Crippen MR) is 104 cm³/mol. The van der Waals surface area contributed by atoms with Crippen LogP contribution in [-0.4, -0.2) is 36.1 Å². The van der Waals surface area contributed by atoms with Crippen LogP contribution >= 0.6 is 11.8 Å². The van der Waals surface area contributed by atoms with Gasteiger partial charge in [0.1, 0.15) is 0 Å². The first-order valence-corrected chi connectivity index (χ1v) is 9.38. The van der Waals surface area contributed by atoms with E-state index in [0.717, 1.165) is 22.6 Å². The molecule has 0 aliphatic carbocycles. The summed E-state index contributed by atoms with van der Waals surface area (Å²) in [6.45, 7) is 2.11. The van der Waals surface area contributed by atoms with E-state index in [1.54, 1.807) is 18.8 Å². The van der Waals surface area contributed by atoms with E-state index in [0.29, 0.717) is 12.2 Å². The highest BCUT2D eigenvalue weighted by molar-refractivity contribution is 7.99. The number of benzene rings is 2. The minimum absolute atomic E-state index is 0.0256. The lowest BCUT2D eigenvalue weighted by Gasteiger charge is -2.17. The Labute approximate surface area is 153 Å². The number of amides is 2. The Morgan fingerprint density at radius 1 is 1.04 bits per heavy atom. The Morgan fingerprint density at radius 2 is 1.72 bits per heavy atom. The molecule has 2 aromatic rings. The number of para-hydroxylation sites is 1. The summed E-state index contributed by atoms with van der Waals surface area (Å²) in [7, 11) is 1.67. The highest BCUT2D eigenvalue weighted by Crippen LogP contribution is 2.18. The minimum Gasteiger partial charge on any atom is -0.336 e. The summed E-state index contributed by atoms with van der Waals surface area (Å²) < 4.78 is 0. The molecule has 0 aliphatic heterocycles. The molecule has 1 N–H and O–H groups in total. The van der Waals surface area contributed by atoms with Gasteiger partial charge in [0.2, 0.25) is 11.8 Å². The highest BCUT2D eigenvalue weighted by Gasteiger charge is 2.13. The molecule has 2 rings (SSSR count). The molecule has 0 saturated carbocycles. The topological polar surface area (TPSA) is 49.4 Å². The molecule has 25 heavy (non-hydrogen) atoms. The lowest BCUT2D eigenvalue weighted by molar-refractivity contribution is -0.132. The molecule has 0 unspecified atom stereocenters. The monoisotopic (exact) mass is 356 g/mol. The maximum Gasteiger partial charge on any atom is 0.243 e. The van der Waals surface area contributed by atoms with E-state index < -0.39 is 0 Å². The molecule has 0 spiro atoms. The number of thioether (sulfide) groups is 1. The number of likely N-dealkylation sites (N-methyl/N-ethyl adjacent to an activating group) is 1. The van der Waals surface area contributed by atoms with Crippen LogP contribution in [0.3, 0.4) is 0 Å². The molecule has 4 nitrogen and oxygen atoms in total. The van der Waals surface area contributed by atoms with Gasteiger partial charge in [-0.1, -0.05) is 43.3 Å². The van der Waals surface area contributed by atoms with Crippen molar-refractivity contribution in [2.45, 2.75) is 24.7 Å². The van der Waals surface area contributed by atoms with Crippen LogP contribution in [0.5, 0.6) is 0 Å². The number of anilines is 1. The smallest absolute Gasteiger partial charge is 0.243 e. The number of hydrogen-bond acceptors (Lipinski definition) is 3. The van der Waals surface area contributed by atoms with Crippen LogP contribution in [0.4, 0.5) is 5.69 Å². The largest absolute Gasteiger partial charge is 0.336 e. The fourth-order valence-corrected chi connectivity index (χ4v) is 3.27. The maximum absolute atomic E-state index is 12.2.